The molecule has 0 unspecified atom stereocenters. The first-order chi connectivity index (χ1) is 5.75. The van der Waals surface area contributed by atoms with Gasteiger partial charge in [-0.2, -0.15) is 0 Å². The Hall–Kier alpha value is -1.25. The van der Waals surface area contributed by atoms with Crippen LogP contribution in [-0.4, -0.2) is 17.1 Å². The maximum Gasteiger partial charge on any atom is 0.328 e. The van der Waals surface area contributed by atoms with Gasteiger partial charge in [-0.25, -0.2) is 4.79 Å². The summed E-state index contributed by atoms with van der Waals surface area (Å²) in [6, 6.07) is 3.55. The monoisotopic (exact) mass is 167 g/mol. The standard InChI is InChI=1S/C9H13NO2/c1-3-12-9(11)8(2)10-6-4-5-7-10/h4-8H,3H2,1-2H3/t8-/m0/s1. The number of rotatable bonds is 3. The lowest BCUT2D eigenvalue weighted by Gasteiger charge is -2.11. The molecule has 3 heteroatoms. The molecule has 12 heavy (non-hydrogen) atoms. The van der Waals surface area contributed by atoms with Crippen molar-refractivity contribution in [2.45, 2.75) is 19.9 Å². The van der Waals surface area contributed by atoms with Crippen LogP contribution >= 0.6 is 0 Å². The van der Waals surface area contributed by atoms with Gasteiger partial charge in [0, 0.05) is 12.4 Å². The smallest absolute Gasteiger partial charge is 0.328 e. The number of esters is 1. The van der Waals surface area contributed by atoms with Crippen molar-refractivity contribution in [3.8, 4) is 0 Å². The van der Waals surface area contributed by atoms with E-state index in [1.165, 1.54) is 0 Å². The van der Waals surface area contributed by atoms with Crippen molar-refractivity contribution in [2.75, 3.05) is 6.61 Å². The molecule has 0 N–H and O–H groups in total. The summed E-state index contributed by atoms with van der Waals surface area (Å²) in [5.74, 6) is -0.186. The Bertz CT molecular complexity index is 241. The van der Waals surface area contributed by atoms with E-state index in [1.54, 1.807) is 6.92 Å². The molecule has 1 atom stereocenters. The first-order valence-corrected chi connectivity index (χ1v) is 4.04. The molecule has 3 nitrogen and oxygen atoms in total. The number of carbonyl (C=O) groups excluding carboxylic acids is 1. The average molecular weight is 167 g/mol. The predicted molar refractivity (Wildman–Crippen MR) is 45.8 cm³/mol. The highest BCUT2D eigenvalue weighted by Gasteiger charge is 2.13. The predicted octanol–water partition coefficient (Wildman–Crippen LogP) is 1.61. The van der Waals surface area contributed by atoms with Crippen LogP contribution in [0, 0.1) is 0 Å². The summed E-state index contributed by atoms with van der Waals surface area (Å²) in [5, 5.41) is 0. The third kappa shape index (κ3) is 1.87. The largest absolute Gasteiger partial charge is 0.464 e. The van der Waals surface area contributed by atoms with Crippen molar-refractivity contribution in [3.63, 3.8) is 0 Å². The molecule has 0 bridgehead atoms. The number of aromatic nitrogens is 1. The second-order valence-electron chi connectivity index (χ2n) is 2.56. The lowest BCUT2D eigenvalue weighted by atomic mass is 10.3. The minimum Gasteiger partial charge on any atom is -0.464 e. The number of carbonyl (C=O) groups is 1. The normalized spacial score (nSPS) is 12.5. The average Bonchev–Trinajstić information content (AvgIpc) is 2.55. The Balaban J connectivity index is 2.59. The highest BCUT2D eigenvalue weighted by molar-refractivity contribution is 5.73. The summed E-state index contributed by atoms with van der Waals surface area (Å²) in [5.41, 5.74) is 0. The van der Waals surface area contributed by atoms with Crippen molar-refractivity contribution in [2.24, 2.45) is 0 Å². The summed E-state index contributed by atoms with van der Waals surface area (Å²) in [6.45, 7) is 4.06. The number of ether oxygens (including phenoxy) is 1. The molecule has 1 rings (SSSR count). The van der Waals surface area contributed by atoms with Gasteiger partial charge in [0.05, 0.1) is 6.61 Å². The number of nitrogens with zero attached hydrogens (tertiary/aromatic N) is 1. The van der Waals surface area contributed by atoms with Crippen molar-refractivity contribution < 1.29 is 9.53 Å². The van der Waals surface area contributed by atoms with Crippen molar-refractivity contribution in [1.29, 1.82) is 0 Å². The molecule has 66 valence electrons. The number of hydrogen-bond acceptors (Lipinski definition) is 2. The fraction of sp³-hybridized carbons (Fsp3) is 0.444. The van der Waals surface area contributed by atoms with E-state index >= 15 is 0 Å². The number of hydrogen-bond donors (Lipinski definition) is 0. The van der Waals surface area contributed by atoms with E-state index in [4.69, 9.17) is 4.74 Å². The molecule has 1 aromatic heterocycles. The Morgan fingerprint density at radius 2 is 2.08 bits per heavy atom. The van der Waals surface area contributed by atoms with Gasteiger partial charge in [-0.1, -0.05) is 0 Å². The Morgan fingerprint density at radius 3 is 2.58 bits per heavy atom. The van der Waals surface area contributed by atoms with Crippen LogP contribution in [-0.2, 0) is 9.53 Å². The second kappa shape index (κ2) is 3.95. The van der Waals surface area contributed by atoms with Crippen LogP contribution in [0.1, 0.15) is 19.9 Å². The van der Waals surface area contributed by atoms with Crippen molar-refractivity contribution >= 4 is 5.97 Å². The van der Waals surface area contributed by atoms with E-state index in [1.807, 2.05) is 36.0 Å². The van der Waals surface area contributed by atoms with Gasteiger partial charge in [0.1, 0.15) is 6.04 Å². The fourth-order valence-corrected chi connectivity index (χ4v) is 0.991. The lowest BCUT2D eigenvalue weighted by Crippen LogP contribution is -2.17. The van der Waals surface area contributed by atoms with Crippen LogP contribution < -0.4 is 0 Å². The van der Waals surface area contributed by atoms with Gasteiger partial charge in [-0.3, -0.25) is 0 Å². The van der Waals surface area contributed by atoms with E-state index in [0.717, 1.165) is 0 Å². The van der Waals surface area contributed by atoms with E-state index in [9.17, 15) is 4.79 Å². The van der Waals surface area contributed by atoms with E-state index in [-0.39, 0.29) is 12.0 Å². The van der Waals surface area contributed by atoms with Gasteiger partial charge in [0.2, 0.25) is 0 Å². The molecule has 0 fully saturated rings. The van der Waals surface area contributed by atoms with Crippen LogP contribution in [0.15, 0.2) is 24.5 Å². The first-order valence-electron chi connectivity index (χ1n) is 4.04. The Morgan fingerprint density at radius 1 is 1.50 bits per heavy atom. The topological polar surface area (TPSA) is 31.2 Å². The minimum atomic E-state index is -0.222. The van der Waals surface area contributed by atoms with Gasteiger partial charge >= 0.3 is 5.97 Å². The molecule has 0 aliphatic heterocycles. The first kappa shape index (κ1) is 8.84. The maximum absolute atomic E-state index is 11.2. The third-order valence-electron chi connectivity index (χ3n) is 1.70. The van der Waals surface area contributed by atoms with E-state index < -0.39 is 0 Å². The SMILES string of the molecule is CCOC(=O)[C@H](C)n1cccc1. The van der Waals surface area contributed by atoms with Gasteiger partial charge in [-0.15, -0.1) is 0 Å². The second-order valence-corrected chi connectivity index (χ2v) is 2.56. The molecule has 0 amide bonds. The summed E-state index contributed by atoms with van der Waals surface area (Å²) >= 11 is 0. The van der Waals surface area contributed by atoms with Crippen LogP contribution in [0.4, 0.5) is 0 Å². The zero-order chi connectivity index (χ0) is 8.97. The van der Waals surface area contributed by atoms with Gasteiger partial charge in [0.15, 0.2) is 0 Å². The Labute approximate surface area is 72.0 Å². The summed E-state index contributed by atoms with van der Waals surface area (Å²) in [6.07, 6.45) is 3.70. The molecule has 0 radical (unpaired) electrons. The molecular formula is C9H13NO2. The summed E-state index contributed by atoms with van der Waals surface area (Å²) in [7, 11) is 0. The highest BCUT2D eigenvalue weighted by Crippen LogP contribution is 2.07. The van der Waals surface area contributed by atoms with Gasteiger partial charge < -0.3 is 9.30 Å². The quantitative estimate of drug-likeness (QED) is 0.640. The minimum absolute atomic E-state index is 0.186. The van der Waals surface area contributed by atoms with E-state index in [2.05, 4.69) is 0 Å². The lowest BCUT2D eigenvalue weighted by molar-refractivity contribution is -0.146. The Kier molecular flexibility index (Phi) is 2.91. The summed E-state index contributed by atoms with van der Waals surface area (Å²) < 4.78 is 6.69. The highest BCUT2D eigenvalue weighted by atomic mass is 16.5. The van der Waals surface area contributed by atoms with Gasteiger partial charge in [-0.05, 0) is 26.0 Å². The summed E-state index contributed by atoms with van der Waals surface area (Å²) in [4.78, 5) is 11.2. The fourth-order valence-electron chi connectivity index (χ4n) is 0.991. The molecule has 0 aliphatic carbocycles. The maximum atomic E-state index is 11.2. The van der Waals surface area contributed by atoms with Crippen LogP contribution in [0.3, 0.4) is 0 Å². The van der Waals surface area contributed by atoms with Crippen LogP contribution in [0.2, 0.25) is 0 Å². The van der Waals surface area contributed by atoms with Crippen LogP contribution in [0.25, 0.3) is 0 Å². The van der Waals surface area contributed by atoms with Crippen LogP contribution in [0.5, 0.6) is 0 Å². The molecule has 1 aromatic rings. The molecule has 1 heterocycles. The third-order valence-corrected chi connectivity index (χ3v) is 1.70. The zero-order valence-electron chi connectivity index (χ0n) is 7.36. The molecule has 0 spiro atoms. The molecule has 0 aromatic carbocycles. The molecule has 0 aliphatic rings. The zero-order valence-corrected chi connectivity index (χ0v) is 7.36. The van der Waals surface area contributed by atoms with Crippen molar-refractivity contribution in [3.05, 3.63) is 24.5 Å². The van der Waals surface area contributed by atoms with Crippen molar-refractivity contribution in [1.82, 2.24) is 4.57 Å². The van der Waals surface area contributed by atoms with Gasteiger partial charge in [0.25, 0.3) is 0 Å². The molecule has 0 saturated heterocycles. The molecule has 0 saturated carbocycles. The molecular weight excluding hydrogens is 154 g/mol. The van der Waals surface area contributed by atoms with E-state index in [0.29, 0.717) is 6.61 Å².